The third-order valence-electron chi connectivity index (χ3n) is 8.49. The number of hydrogen-bond donors (Lipinski definition) is 8. The van der Waals surface area contributed by atoms with Crippen molar-refractivity contribution < 1.29 is 123 Å². The van der Waals surface area contributed by atoms with Crippen LogP contribution in [0.5, 0.6) is 0 Å². The minimum Gasteiger partial charge on any atom is -0.547 e. The van der Waals surface area contributed by atoms with Crippen LogP contribution in [0, 0.1) is 0 Å². The Balaban J connectivity index is 1.51. The van der Waals surface area contributed by atoms with E-state index in [1.54, 1.807) is 0 Å². The van der Waals surface area contributed by atoms with Crippen molar-refractivity contribution in [2.75, 3.05) is 14.2 Å². The quantitative estimate of drug-likeness (QED) is 0.0918. The molecule has 4 saturated heterocycles. The molecule has 0 amide bonds. The second-order valence-corrected chi connectivity index (χ2v) is 11.6. The number of rotatable bonds is 12. The monoisotopic (exact) mass is 746 g/mol. The minimum atomic E-state index is -2.54. The Morgan fingerprint density at radius 1 is 0.392 bits per heavy atom. The molecule has 25 nitrogen and oxygen atoms in total. The first kappa shape index (κ1) is 41.0. The van der Waals surface area contributed by atoms with Crippen LogP contribution in [0.2, 0.25) is 0 Å². The number of ether oxygens (including phenoxy) is 9. The van der Waals surface area contributed by atoms with E-state index in [1.807, 2.05) is 0 Å². The predicted octanol–water partition coefficient (Wildman–Crippen LogP) is -13.4. The van der Waals surface area contributed by atoms with Gasteiger partial charge in [-0.3, -0.25) is 0 Å². The molecule has 25 heteroatoms. The highest BCUT2D eigenvalue weighted by molar-refractivity contribution is 5.72. The predicted molar refractivity (Wildman–Crippen MR) is 135 cm³/mol. The van der Waals surface area contributed by atoms with Gasteiger partial charge in [0.2, 0.25) is 0 Å². The first-order valence-electron chi connectivity index (χ1n) is 14.8. The lowest BCUT2D eigenvalue weighted by Gasteiger charge is -2.49. The summed E-state index contributed by atoms with van der Waals surface area (Å²) in [6.45, 7) is 0. The van der Waals surface area contributed by atoms with E-state index in [0.717, 1.165) is 14.2 Å². The number of carbonyl (C=O) groups excluding carboxylic acids is 4. The Morgan fingerprint density at radius 2 is 0.627 bits per heavy atom. The summed E-state index contributed by atoms with van der Waals surface area (Å²) in [4.78, 5) is 47.2. The van der Waals surface area contributed by atoms with Crippen molar-refractivity contribution in [3.63, 3.8) is 0 Å². The molecular weight excluding hydrogens is 712 g/mol. The molecule has 9 unspecified atom stereocenters. The van der Waals surface area contributed by atoms with E-state index in [2.05, 4.69) is 0 Å². The van der Waals surface area contributed by atoms with E-state index >= 15 is 0 Å². The second kappa shape index (κ2) is 16.5. The Morgan fingerprint density at radius 3 is 0.882 bits per heavy atom. The Kier molecular flexibility index (Phi) is 13.2. The van der Waals surface area contributed by atoms with Crippen molar-refractivity contribution in [1.29, 1.82) is 0 Å². The molecule has 0 spiro atoms. The molecule has 4 aliphatic heterocycles. The van der Waals surface area contributed by atoms with E-state index < -0.39 is 147 Å². The number of aliphatic hydroxyl groups is 8. The van der Waals surface area contributed by atoms with Gasteiger partial charge in [0, 0.05) is 14.2 Å². The van der Waals surface area contributed by atoms with Crippen LogP contribution in [0.4, 0.5) is 0 Å². The van der Waals surface area contributed by atoms with Crippen LogP contribution in [-0.2, 0) is 61.8 Å². The van der Waals surface area contributed by atoms with Gasteiger partial charge in [0.15, 0.2) is 25.2 Å². The lowest BCUT2D eigenvalue weighted by atomic mass is 9.95. The molecule has 4 rings (SSSR count). The third kappa shape index (κ3) is 8.09. The van der Waals surface area contributed by atoms with Crippen molar-refractivity contribution in [3.8, 4) is 0 Å². The van der Waals surface area contributed by atoms with Crippen LogP contribution in [0.3, 0.4) is 0 Å². The molecule has 4 fully saturated rings. The molecule has 0 aromatic heterocycles. The van der Waals surface area contributed by atoms with Crippen LogP contribution in [0.15, 0.2) is 0 Å². The topological polar surface area (TPSA) is 405 Å². The fourth-order valence-corrected chi connectivity index (χ4v) is 5.82. The minimum absolute atomic E-state index is 0.957. The van der Waals surface area contributed by atoms with Crippen LogP contribution in [0.1, 0.15) is 0 Å². The molecular formula is C26H34O25-4. The van der Waals surface area contributed by atoms with Crippen LogP contribution < -0.4 is 20.4 Å². The summed E-state index contributed by atoms with van der Waals surface area (Å²) in [6, 6.07) is 0. The molecule has 0 aromatic rings. The zero-order valence-corrected chi connectivity index (χ0v) is 26.1. The van der Waals surface area contributed by atoms with Crippen LogP contribution >= 0.6 is 0 Å². The van der Waals surface area contributed by atoms with Gasteiger partial charge in [0.05, 0.1) is 23.9 Å². The first-order valence-corrected chi connectivity index (χ1v) is 14.8. The molecule has 0 aromatic carbocycles. The summed E-state index contributed by atoms with van der Waals surface area (Å²) in [7, 11) is 1.95. The highest BCUT2D eigenvalue weighted by Gasteiger charge is 2.56. The summed E-state index contributed by atoms with van der Waals surface area (Å²) in [5, 5.41) is 132. The van der Waals surface area contributed by atoms with Crippen LogP contribution in [0.25, 0.3) is 0 Å². The van der Waals surface area contributed by atoms with Gasteiger partial charge >= 0.3 is 0 Å². The van der Waals surface area contributed by atoms with Crippen molar-refractivity contribution in [1.82, 2.24) is 0 Å². The normalized spacial score (nSPS) is 47.7. The van der Waals surface area contributed by atoms with Crippen molar-refractivity contribution in [2.24, 2.45) is 0 Å². The zero-order chi connectivity index (χ0) is 38.2. The number of hydrogen-bond acceptors (Lipinski definition) is 25. The molecule has 4 heterocycles. The average molecular weight is 747 g/mol. The summed E-state index contributed by atoms with van der Waals surface area (Å²) < 4.78 is 45.3. The lowest BCUT2D eigenvalue weighted by Crippen LogP contribution is -2.70. The fraction of sp³-hybridized carbons (Fsp3) is 0.846. The number of aliphatic hydroxyl groups excluding tert-OH is 8. The lowest BCUT2D eigenvalue weighted by molar-refractivity contribution is -0.402. The average Bonchev–Trinajstić information content (AvgIpc) is 3.07. The number of carboxylic acid groups (broad SMARTS) is 4. The highest BCUT2D eigenvalue weighted by Crippen LogP contribution is 2.34. The maximum absolute atomic E-state index is 12.0. The zero-order valence-electron chi connectivity index (χ0n) is 26.1. The molecule has 0 aliphatic carbocycles. The standard InChI is InChI=1S/C26H38O25/c1-43-11-3(27)8(32)24(49-15(11)19(35)36)46-13-5(29)10(34)26(51-17(13)21(39)40)47-14-6(30)9(33)25(50-18(14)22(41)42)45-12-4(28)7(31)23(44-2)48-16(12)20(37)38/h3-18,23-34H,1-2H3,(H,35,36)(H,37,38)(H,39,40)(H,41,42)/p-4/t3-,4?,5?,6+,7?,8?,9?,10?,11-,12-,13-,14-,15?,16+,17?,18?,23+,24+,25+,26+/m0/s1. The molecule has 292 valence electrons. The van der Waals surface area contributed by atoms with Gasteiger partial charge in [0.1, 0.15) is 97.7 Å². The molecule has 8 N–H and O–H groups in total. The van der Waals surface area contributed by atoms with E-state index in [1.165, 1.54) is 0 Å². The summed E-state index contributed by atoms with van der Waals surface area (Å²) in [5.74, 6) is -8.42. The van der Waals surface area contributed by atoms with E-state index in [0.29, 0.717) is 0 Å². The molecule has 0 bridgehead atoms. The van der Waals surface area contributed by atoms with Crippen molar-refractivity contribution in [3.05, 3.63) is 0 Å². The van der Waals surface area contributed by atoms with Gasteiger partial charge in [-0.15, -0.1) is 0 Å². The van der Waals surface area contributed by atoms with Gasteiger partial charge < -0.3 is 123 Å². The summed E-state index contributed by atoms with van der Waals surface area (Å²) in [5.41, 5.74) is 0. The van der Waals surface area contributed by atoms with Crippen molar-refractivity contribution >= 4 is 23.9 Å². The highest BCUT2D eigenvalue weighted by atomic mass is 16.8. The van der Waals surface area contributed by atoms with E-state index in [-0.39, 0.29) is 0 Å². The van der Waals surface area contributed by atoms with Gasteiger partial charge in [0.25, 0.3) is 0 Å². The van der Waals surface area contributed by atoms with Gasteiger partial charge in [-0.1, -0.05) is 0 Å². The second-order valence-electron chi connectivity index (χ2n) is 11.6. The van der Waals surface area contributed by atoms with Crippen molar-refractivity contribution in [2.45, 2.75) is 123 Å². The SMILES string of the molecule is CO[C@@H]1O[C@@H](C(=O)[O-])[C@@H](O[C@@H]2OC(C(=O)[O-])[C@@H](O[C@@H]3OC(C(=O)[O-])[C@@H](O[C@@H]4OC(C(=O)[O-])[C@@H](OC)[C@@H](O)C4O)C(O)C3O)[C@H](O)C2O)C(O)C1O. The maximum Gasteiger partial charge on any atom is 0.187 e. The largest absolute Gasteiger partial charge is 0.547 e. The van der Waals surface area contributed by atoms with Crippen LogP contribution in [-0.4, -0.2) is 202 Å². The Bertz CT molecular complexity index is 1250. The van der Waals surface area contributed by atoms with Gasteiger partial charge in [-0.2, -0.15) is 0 Å². The fourth-order valence-electron chi connectivity index (χ4n) is 5.82. The molecule has 0 saturated carbocycles. The first-order chi connectivity index (χ1) is 23.9. The summed E-state index contributed by atoms with van der Waals surface area (Å²) >= 11 is 0. The maximum atomic E-state index is 12.0. The molecule has 0 radical (unpaired) electrons. The molecule has 20 atom stereocenters. The Labute approximate surface area is 284 Å². The Hall–Kier alpha value is -2.80. The molecule has 4 aliphatic rings. The van der Waals surface area contributed by atoms with E-state index in [9.17, 15) is 80.5 Å². The van der Waals surface area contributed by atoms with E-state index in [4.69, 9.17) is 42.6 Å². The van der Waals surface area contributed by atoms with Gasteiger partial charge in [-0.05, 0) is 0 Å². The number of aliphatic carboxylic acids is 4. The van der Waals surface area contributed by atoms with Gasteiger partial charge in [-0.25, -0.2) is 0 Å². The molecule has 51 heavy (non-hydrogen) atoms. The number of carbonyl (C=O) groups is 4. The number of methoxy groups -OCH3 is 2. The number of carboxylic acids is 4. The smallest absolute Gasteiger partial charge is 0.187 e. The third-order valence-corrected chi connectivity index (χ3v) is 8.49. The summed E-state index contributed by atoms with van der Waals surface area (Å²) in [6.07, 6.45) is -44.8.